The summed E-state index contributed by atoms with van der Waals surface area (Å²) in [6.45, 7) is 2.88. The summed E-state index contributed by atoms with van der Waals surface area (Å²) in [5, 5.41) is 14.2. The molecule has 0 aliphatic carbocycles. The van der Waals surface area contributed by atoms with E-state index in [9.17, 15) is 10.1 Å². The normalized spacial score (nSPS) is 10.4. The van der Waals surface area contributed by atoms with Gasteiger partial charge in [-0.3, -0.25) is 10.1 Å². The Hall–Kier alpha value is -1.93. The third-order valence-corrected chi connectivity index (χ3v) is 3.93. The highest BCUT2D eigenvalue weighted by atomic mass is 35.5. The molecule has 0 aliphatic rings. The molecule has 9 heteroatoms. The first-order valence-electron chi connectivity index (χ1n) is 6.21. The van der Waals surface area contributed by atoms with E-state index in [2.05, 4.69) is 15.3 Å². The number of rotatable bonds is 6. The monoisotopic (exact) mass is 327 g/mol. The van der Waals surface area contributed by atoms with Crippen molar-refractivity contribution in [2.75, 3.05) is 23.8 Å². The van der Waals surface area contributed by atoms with Crippen molar-refractivity contribution < 1.29 is 4.92 Å². The second kappa shape index (κ2) is 6.68. The van der Waals surface area contributed by atoms with Crippen molar-refractivity contribution in [3.05, 3.63) is 37.8 Å². The standard InChI is InChI=1S/C12H14ClN5O2S/c1-3-14-11-10(18(19)20)12(16-7-15-11)17(2)6-8-4-5-9(13)21-8/h4-5,7H,3,6H2,1-2H3,(H,14,15,16). The first-order valence-corrected chi connectivity index (χ1v) is 7.41. The predicted octanol–water partition coefficient (Wildman–Crippen LogP) is 3.17. The number of anilines is 2. The molecule has 0 radical (unpaired) electrons. The Morgan fingerprint density at radius 1 is 1.48 bits per heavy atom. The van der Waals surface area contributed by atoms with Crippen LogP contribution in [0.25, 0.3) is 0 Å². The molecule has 2 rings (SSSR count). The molecule has 21 heavy (non-hydrogen) atoms. The van der Waals surface area contributed by atoms with E-state index < -0.39 is 4.92 Å². The molecular weight excluding hydrogens is 314 g/mol. The maximum atomic E-state index is 11.3. The minimum absolute atomic E-state index is 0.121. The van der Waals surface area contributed by atoms with Crippen LogP contribution in [-0.4, -0.2) is 28.5 Å². The molecule has 112 valence electrons. The van der Waals surface area contributed by atoms with Gasteiger partial charge in [0, 0.05) is 18.5 Å². The number of nitrogens with one attached hydrogen (secondary N) is 1. The SMILES string of the molecule is CCNc1ncnc(N(C)Cc2ccc(Cl)s2)c1[N+](=O)[O-]. The first-order chi connectivity index (χ1) is 10.0. The lowest BCUT2D eigenvalue weighted by molar-refractivity contribution is -0.383. The number of thiophene rings is 1. The second-order valence-corrected chi connectivity index (χ2v) is 6.04. The smallest absolute Gasteiger partial charge is 0.353 e. The summed E-state index contributed by atoms with van der Waals surface area (Å²) >= 11 is 7.33. The summed E-state index contributed by atoms with van der Waals surface area (Å²) in [4.78, 5) is 21.5. The van der Waals surface area contributed by atoms with Crippen LogP contribution in [-0.2, 0) is 6.54 Å². The zero-order valence-electron chi connectivity index (χ0n) is 11.5. The fourth-order valence-corrected chi connectivity index (χ4v) is 3.00. The van der Waals surface area contributed by atoms with Crippen LogP contribution < -0.4 is 10.2 Å². The number of halogens is 1. The van der Waals surface area contributed by atoms with Crippen LogP contribution in [0.4, 0.5) is 17.3 Å². The molecule has 2 heterocycles. The van der Waals surface area contributed by atoms with Gasteiger partial charge in [-0.25, -0.2) is 9.97 Å². The van der Waals surface area contributed by atoms with E-state index >= 15 is 0 Å². The number of aromatic nitrogens is 2. The van der Waals surface area contributed by atoms with Crippen LogP contribution in [0.15, 0.2) is 18.5 Å². The van der Waals surface area contributed by atoms with Crippen LogP contribution >= 0.6 is 22.9 Å². The molecule has 7 nitrogen and oxygen atoms in total. The molecule has 0 spiro atoms. The first kappa shape index (κ1) is 15.5. The zero-order chi connectivity index (χ0) is 15.4. The van der Waals surface area contributed by atoms with Crippen molar-refractivity contribution in [3.8, 4) is 0 Å². The molecule has 0 saturated heterocycles. The molecule has 2 aromatic heterocycles. The molecule has 0 bridgehead atoms. The fraction of sp³-hybridized carbons (Fsp3) is 0.333. The van der Waals surface area contributed by atoms with Gasteiger partial charge in [-0.2, -0.15) is 0 Å². The van der Waals surface area contributed by atoms with Crippen LogP contribution in [0, 0.1) is 10.1 Å². The van der Waals surface area contributed by atoms with Gasteiger partial charge in [0.25, 0.3) is 0 Å². The highest BCUT2D eigenvalue weighted by Crippen LogP contribution is 2.32. The Kier molecular flexibility index (Phi) is 4.92. The van der Waals surface area contributed by atoms with E-state index in [1.165, 1.54) is 17.7 Å². The van der Waals surface area contributed by atoms with E-state index in [0.29, 0.717) is 17.4 Å². The lowest BCUT2D eigenvalue weighted by Gasteiger charge is -2.17. The van der Waals surface area contributed by atoms with Crippen molar-refractivity contribution in [1.29, 1.82) is 0 Å². The molecule has 0 fully saturated rings. The summed E-state index contributed by atoms with van der Waals surface area (Å²) in [6.07, 6.45) is 1.32. The average Bonchev–Trinajstić information content (AvgIpc) is 2.84. The number of nitrogens with zero attached hydrogens (tertiary/aromatic N) is 4. The van der Waals surface area contributed by atoms with Crippen LogP contribution in [0.3, 0.4) is 0 Å². The molecule has 0 atom stereocenters. The fourth-order valence-electron chi connectivity index (χ4n) is 1.86. The topological polar surface area (TPSA) is 84.2 Å². The van der Waals surface area contributed by atoms with Gasteiger partial charge >= 0.3 is 5.69 Å². The van der Waals surface area contributed by atoms with E-state index in [1.54, 1.807) is 18.0 Å². The Morgan fingerprint density at radius 3 is 2.81 bits per heavy atom. The molecule has 0 amide bonds. The quantitative estimate of drug-likeness (QED) is 0.648. The lowest BCUT2D eigenvalue weighted by atomic mass is 10.3. The second-order valence-electron chi connectivity index (χ2n) is 4.24. The van der Waals surface area contributed by atoms with E-state index in [1.807, 2.05) is 13.0 Å². The highest BCUT2D eigenvalue weighted by molar-refractivity contribution is 7.16. The van der Waals surface area contributed by atoms with E-state index in [0.717, 1.165) is 4.88 Å². The lowest BCUT2D eigenvalue weighted by Crippen LogP contribution is -2.19. The number of nitro groups is 1. The van der Waals surface area contributed by atoms with Crippen molar-refractivity contribution >= 4 is 40.3 Å². The minimum Gasteiger partial charge on any atom is -0.364 e. The summed E-state index contributed by atoms with van der Waals surface area (Å²) in [5.41, 5.74) is -0.121. The van der Waals surface area contributed by atoms with E-state index in [-0.39, 0.29) is 17.3 Å². The van der Waals surface area contributed by atoms with E-state index in [4.69, 9.17) is 11.6 Å². The number of hydrogen-bond donors (Lipinski definition) is 1. The maximum Gasteiger partial charge on any atom is 0.353 e. The summed E-state index contributed by atoms with van der Waals surface area (Å²) < 4.78 is 0.684. The summed E-state index contributed by atoms with van der Waals surface area (Å²) in [6, 6.07) is 3.69. The predicted molar refractivity (Wildman–Crippen MR) is 84.3 cm³/mol. The average molecular weight is 328 g/mol. The molecule has 1 N–H and O–H groups in total. The molecular formula is C12H14ClN5O2S. The van der Waals surface area contributed by atoms with Crippen molar-refractivity contribution in [1.82, 2.24) is 9.97 Å². The molecule has 0 aliphatic heterocycles. The van der Waals surface area contributed by atoms with Gasteiger partial charge in [-0.15, -0.1) is 11.3 Å². The molecule has 0 aromatic carbocycles. The van der Waals surface area contributed by atoms with Gasteiger partial charge in [0.15, 0.2) is 0 Å². The van der Waals surface area contributed by atoms with Crippen LogP contribution in [0.1, 0.15) is 11.8 Å². The van der Waals surface area contributed by atoms with Gasteiger partial charge in [0.05, 0.1) is 15.8 Å². The molecule has 2 aromatic rings. The molecule has 0 saturated carbocycles. The van der Waals surface area contributed by atoms with Gasteiger partial charge in [-0.1, -0.05) is 11.6 Å². The third-order valence-electron chi connectivity index (χ3n) is 2.71. The van der Waals surface area contributed by atoms with Gasteiger partial charge < -0.3 is 10.2 Å². The van der Waals surface area contributed by atoms with Gasteiger partial charge in [0.2, 0.25) is 11.6 Å². The number of hydrogen-bond acceptors (Lipinski definition) is 7. The summed E-state index contributed by atoms with van der Waals surface area (Å²) in [5.74, 6) is 0.499. The van der Waals surface area contributed by atoms with Crippen molar-refractivity contribution in [3.63, 3.8) is 0 Å². The van der Waals surface area contributed by atoms with Gasteiger partial charge in [0.1, 0.15) is 6.33 Å². The molecule has 0 unspecified atom stereocenters. The largest absolute Gasteiger partial charge is 0.364 e. The highest BCUT2D eigenvalue weighted by Gasteiger charge is 2.25. The van der Waals surface area contributed by atoms with Crippen LogP contribution in [0.5, 0.6) is 0 Å². The Bertz CT molecular complexity index is 648. The van der Waals surface area contributed by atoms with Crippen molar-refractivity contribution in [2.24, 2.45) is 0 Å². The Labute approximate surface area is 130 Å². The third kappa shape index (κ3) is 3.59. The minimum atomic E-state index is -0.467. The van der Waals surface area contributed by atoms with Crippen LogP contribution in [0.2, 0.25) is 4.34 Å². The van der Waals surface area contributed by atoms with Gasteiger partial charge in [-0.05, 0) is 19.1 Å². The Balaban J connectivity index is 2.33. The van der Waals surface area contributed by atoms with Crippen molar-refractivity contribution in [2.45, 2.75) is 13.5 Å². The zero-order valence-corrected chi connectivity index (χ0v) is 13.1. The summed E-state index contributed by atoms with van der Waals surface area (Å²) in [7, 11) is 1.75. The maximum absolute atomic E-state index is 11.3. The Morgan fingerprint density at radius 2 is 2.24 bits per heavy atom.